The average molecular weight is 316 g/mol. The zero-order valence-electron chi connectivity index (χ0n) is 11.2. The molecule has 3 aromatic rings. The van der Waals surface area contributed by atoms with Crippen LogP contribution >= 0.6 is 22.9 Å². The minimum Gasteiger partial charge on any atom is -0.388 e. The molecule has 4 heteroatoms. The highest BCUT2D eigenvalue weighted by molar-refractivity contribution is 7.13. The fraction of sp³-hybridized carbons (Fsp3) is 0.118. The molecule has 2 aromatic carbocycles. The Morgan fingerprint density at radius 2 is 1.76 bits per heavy atom. The van der Waals surface area contributed by atoms with Crippen LogP contribution in [0.2, 0.25) is 5.02 Å². The van der Waals surface area contributed by atoms with Gasteiger partial charge in [0.2, 0.25) is 0 Å². The van der Waals surface area contributed by atoms with Gasteiger partial charge in [-0.25, -0.2) is 4.98 Å². The highest BCUT2D eigenvalue weighted by Crippen LogP contribution is 2.27. The number of aliphatic hydroxyl groups is 1. The van der Waals surface area contributed by atoms with Crippen LogP contribution in [0.5, 0.6) is 0 Å². The number of nitrogens with zero attached hydrogens (tertiary/aromatic N) is 1. The molecule has 0 saturated heterocycles. The minimum atomic E-state index is -0.522. The second-order valence-electron chi connectivity index (χ2n) is 4.78. The Morgan fingerprint density at radius 1 is 1.05 bits per heavy atom. The Labute approximate surface area is 132 Å². The van der Waals surface area contributed by atoms with Crippen molar-refractivity contribution >= 4 is 22.9 Å². The molecule has 2 nitrogen and oxygen atoms in total. The molecule has 1 atom stereocenters. The molecule has 0 bridgehead atoms. The first kappa shape index (κ1) is 14.3. The number of thiazole rings is 1. The molecule has 1 N–H and O–H groups in total. The summed E-state index contributed by atoms with van der Waals surface area (Å²) in [5, 5.41) is 13.9. The summed E-state index contributed by atoms with van der Waals surface area (Å²) < 4.78 is 0. The van der Waals surface area contributed by atoms with Gasteiger partial charge in [0, 0.05) is 22.4 Å². The first-order valence-corrected chi connectivity index (χ1v) is 7.91. The Hall–Kier alpha value is -1.68. The average Bonchev–Trinajstić information content (AvgIpc) is 2.97. The zero-order chi connectivity index (χ0) is 14.7. The molecular weight excluding hydrogens is 302 g/mol. The third kappa shape index (κ3) is 3.50. The van der Waals surface area contributed by atoms with Crippen LogP contribution in [0.4, 0.5) is 0 Å². The summed E-state index contributed by atoms with van der Waals surface area (Å²) in [6.45, 7) is 0. The van der Waals surface area contributed by atoms with Crippen molar-refractivity contribution in [2.75, 3.05) is 0 Å². The molecule has 1 aromatic heterocycles. The maximum atomic E-state index is 10.2. The van der Waals surface area contributed by atoms with Gasteiger partial charge in [0.15, 0.2) is 0 Å². The molecule has 1 unspecified atom stereocenters. The van der Waals surface area contributed by atoms with E-state index in [-0.39, 0.29) is 0 Å². The third-order valence-electron chi connectivity index (χ3n) is 3.23. The largest absolute Gasteiger partial charge is 0.388 e. The molecule has 0 saturated carbocycles. The number of benzene rings is 2. The zero-order valence-corrected chi connectivity index (χ0v) is 12.8. The van der Waals surface area contributed by atoms with Crippen molar-refractivity contribution < 1.29 is 5.11 Å². The lowest BCUT2D eigenvalue weighted by molar-refractivity contribution is 0.177. The molecule has 0 amide bonds. The van der Waals surface area contributed by atoms with Crippen LogP contribution < -0.4 is 0 Å². The van der Waals surface area contributed by atoms with Gasteiger partial charge < -0.3 is 5.11 Å². The fourth-order valence-electron chi connectivity index (χ4n) is 2.12. The van der Waals surface area contributed by atoms with Crippen LogP contribution in [-0.4, -0.2) is 10.1 Å². The van der Waals surface area contributed by atoms with Crippen molar-refractivity contribution in [3.05, 3.63) is 76.3 Å². The first-order valence-electron chi connectivity index (χ1n) is 6.66. The van der Waals surface area contributed by atoms with E-state index in [0.717, 1.165) is 26.9 Å². The number of aliphatic hydroxyl groups excluding tert-OH is 1. The van der Waals surface area contributed by atoms with E-state index in [9.17, 15) is 5.11 Å². The molecule has 0 aliphatic heterocycles. The van der Waals surface area contributed by atoms with Crippen molar-refractivity contribution in [2.45, 2.75) is 12.5 Å². The van der Waals surface area contributed by atoms with Crippen LogP contribution in [0.25, 0.3) is 10.6 Å². The summed E-state index contributed by atoms with van der Waals surface area (Å²) in [5.74, 6) is 0. The summed E-state index contributed by atoms with van der Waals surface area (Å²) >= 11 is 7.47. The highest BCUT2D eigenvalue weighted by Gasteiger charge is 2.11. The lowest BCUT2D eigenvalue weighted by Crippen LogP contribution is -2.01. The second kappa shape index (κ2) is 6.39. The van der Waals surface area contributed by atoms with E-state index in [1.807, 2.05) is 60.0 Å². The maximum absolute atomic E-state index is 10.2. The van der Waals surface area contributed by atoms with Crippen LogP contribution in [0.3, 0.4) is 0 Å². The standard InChI is InChI=1S/C17H14ClNOS/c18-14-8-6-13(7-9-14)17-19-15(11-21-17)10-16(20)12-4-2-1-3-5-12/h1-9,11,16,20H,10H2. The Balaban J connectivity index is 1.75. The van der Waals surface area contributed by atoms with E-state index < -0.39 is 6.10 Å². The molecule has 1 heterocycles. The van der Waals surface area contributed by atoms with Crippen molar-refractivity contribution in [3.63, 3.8) is 0 Å². The molecule has 0 aliphatic rings. The van der Waals surface area contributed by atoms with Crippen molar-refractivity contribution in [2.24, 2.45) is 0 Å². The molecule has 0 fully saturated rings. The Morgan fingerprint density at radius 3 is 2.48 bits per heavy atom. The minimum absolute atomic E-state index is 0.522. The van der Waals surface area contributed by atoms with Gasteiger partial charge >= 0.3 is 0 Å². The monoisotopic (exact) mass is 315 g/mol. The summed E-state index contributed by atoms with van der Waals surface area (Å²) in [6, 6.07) is 17.3. The van der Waals surface area contributed by atoms with Crippen molar-refractivity contribution in [1.29, 1.82) is 0 Å². The van der Waals surface area contributed by atoms with Gasteiger partial charge in [-0.15, -0.1) is 11.3 Å². The number of halogens is 1. The first-order chi connectivity index (χ1) is 10.2. The van der Waals surface area contributed by atoms with E-state index in [4.69, 9.17) is 11.6 Å². The van der Waals surface area contributed by atoms with E-state index in [1.54, 1.807) is 11.3 Å². The van der Waals surface area contributed by atoms with Crippen molar-refractivity contribution in [3.8, 4) is 10.6 Å². The molecule has 0 spiro atoms. The van der Waals surface area contributed by atoms with Crippen LogP contribution in [0.15, 0.2) is 60.0 Å². The van der Waals surface area contributed by atoms with E-state index in [2.05, 4.69) is 4.98 Å². The highest BCUT2D eigenvalue weighted by atomic mass is 35.5. The fourth-order valence-corrected chi connectivity index (χ4v) is 3.08. The predicted molar refractivity (Wildman–Crippen MR) is 87.7 cm³/mol. The summed E-state index contributed by atoms with van der Waals surface area (Å²) in [7, 11) is 0. The molecular formula is C17H14ClNOS. The SMILES string of the molecule is OC(Cc1csc(-c2ccc(Cl)cc2)n1)c1ccccc1. The molecule has 106 valence electrons. The van der Waals surface area contributed by atoms with Gasteiger partial charge in [-0.3, -0.25) is 0 Å². The number of rotatable bonds is 4. The summed E-state index contributed by atoms with van der Waals surface area (Å²) in [5.41, 5.74) is 2.87. The van der Waals surface area contributed by atoms with E-state index in [1.165, 1.54) is 0 Å². The lowest BCUT2D eigenvalue weighted by atomic mass is 10.1. The quantitative estimate of drug-likeness (QED) is 0.754. The number of hydrogen-bond donors (Lipinski definition) is 1. The van der Waals surface area contributed by atoms with E-state index >= 15 is 0 Å². The van der Waals surface area contributed by atoms with Gasteiger partial charge in [0.25, 0.3) is 0 Å². The Bertz CT molecular complexity index is 709. The lowest BCUT2D eigenvalue weighted by Gasteiger charge is -2.08. The van der Waals surface area contributed by atoms with Crippen molar-refractivity contribution in [1.82, 2.24) is 4.98 Å². The van der Waals surface area contributed by atoms with Crippen LogP contribution in [-0.2, 0) is 6.42 Å². The summed E-state index contributed by atoms with van der Waals surface area (Å²) in [6.07, 6.45) is 0.0000460. The van der Waals surface area contributed by atoms with Crippen LogP contribution in [0.1, 0.15) is 17.4 Å². The molecule has 0 radical (unpaired) electrons. The smallest absolute Gasteiger partial charge is 0.123 e. The van der Waals surface area contributed by atoms with Gasteiger partial charge in [-0.05, 0) is 17.7 Å². The van der Waals surface area contributed by atoms with Gasteiger partial charge in [-0.2, -0.15) is 0 Å². The van der Waals surface area contributed by atoms with Gasteiger partial charge in [0.05, 0.1) is 11.8 Å². The molecule has 21 heavy (non-hydrogen) atoms. The van der Waals surface area contributed by atoms with Gasteiger partial charge in [-0.1, -0.05) is 54.1 Å². The summed E-state index contributed by atoms with van der Waals surface area (Å²) in [4.78, 5) is 4.59. The number of hydrogen-bond acceptors (Lipinski definition) is 3. The predicted octanol–water partition coefficient (Wildman–Crippen LogP) is 4.74. The molecule has 0 aliphatic carbocycles. The Kier molecular flexibility index (Phi) is 4.34. The second-order valence-corrected chi connectivity index (χ2v) is 6.08. The molecule has 3 rings (SSSR count). The normalized spacial score (nSPS) is 12.3. The maximum Gasteiger partial charge on any atom is 0.123 e. The van der Waals surface area contributed by atoms with E-state index in [0.29, 0.717) is 6.42 Å². The van der Waals surface area contributed by atoms with Gasteiger partial charge in [0.1, 0.15) is 5.01 Å². The van der Waals surface area contributed by atoms with Crippen LogP contribution in [0, 0.1) is 0 Å². The third-order valence-corrected chi connectivity index (χ3v) is 4.42. The topological polar surface area (TPSA) is 33.1 Å². The number of aromatic nitrogens is 1.